The average molecular weight is 253 g/mol. The number of benzene rings is 1. The highest BCUT2D eigenvalue weighted by Gasteiger charge is 2.10. The van der Waals surface area contributed by atoms with Crippen molar-refractivity contribution in [3.8, 4) is 0 Å². The number of esters is 1. The third kappa shape index (κ3) is 4.53. The molecule has 1 aromatic rings. The molecule has 0 aliphatic rings. The van der Waals surface area contributed by atoms with E-state index >= 15 is 0 Å². The largest absolute Gasteiger partial charge is 0.466 e. The Balaban J connectivity index is 2.49. The summed E-state index contributed by atoms with van der Waals surface area (Å²) >= 11 is 0. The minimum Gasteiger partial charge on any atom is -0.466 e. The Bertz CT molecular complexity index is 446. The summed E-state index contributed by atoms with van der Waals surface area (Å²) in [6, 6.07) is 4.44. The molecule has 4 nitrogen and oxygen atoms in total. The highest BCUT2D eigenvalue weighted by Crippen LogP contribution is 2.15. The van der Waals surface area contributed by atoms with Crippen LogP contribution < -0.4 is 5.32 Å². The summed E-state index contributed by atoms with van der Waals surface area (Å²) in [5.74, 6) is -1.34. The molecule has 1 amide bonds. The zero-order chi connectivity index (χ0) is 13.5. The zero-order valence-electron chi connectivity index (χ0n) is 10.5. The molecule has 0 aliphatic heterocycles. The summed E-state index contributed by atoms with van der Waals surface area (Å²) in [6.07, 6.45) is -0.0284. The summed E-state index contributed by atoms with van der Waals surface area (Å²) in [6.45, 7) is 3.78. The summed E-state index contributed by atoms with van der Waals surface area (Å²) in [7, 11) is 0. The van der Waals surface area contributed by atoms with E-state index in [0.29, 0.717) is 0 Å². The normalized spacial score (nSPS) is 9.94. The van der Waals surface area contributed by atoms with Crippen LogP contribution in [-0.2, 0) is 14.3 Å². The fraction of sp³-hybridized carbons (Fsp3) is 0.385. The third-order valence-electron chi connectivity index (χ3n) is 2.26. The lowest BCUT2D eigenvalue weighted by Crippen LogP contribution is -2.15. The second-order valence-electron chi connectivity index (χ2n) is 3.84. The summed E-state index contributed by atoms with van der Waals surface area (Å²) < 4.78 is 18.0. The van der Waals surface area contributed by atoms with Crippen molar-refractivity contribution in [1.29, 1.82) is 0 Å². The van der Waals surface area contributed by atoms with Crippen LogP contribution in [0.3, 0.4) is 0 Å². The highest BCUT2D eigenvalue weighted by atomic mass is 19.1. The van der Waals surface area contributed by atoms with Crippen molar-refractivity contribution in [2.45, 2.75) is 26.7 Å². The SMILES string of the molecule is CCOC(=O)CCC(=O)Nc1cc(C)ccc1F. The van der Waals surface area contributed by atoms with E-state index in [-0.39, 0.29) is 25.1 Å². The van der Waals surface area contributed by atoms with Gasteiger partial charge >= 0.3 is 5.97 Å². The number of aryl methyl sites for hydroxylation is 1. The second kappa shape index (κ2) is 6.74. The Labute approximate surface area is 105 Å². The summed E-state index contributed by atoms with van der Waals surface area (Å²) in [5.41, 5.74) is 0.973. The maximum Gasteiger partial charge on any atom is 0.306 e. The van der Waals surface area contributed by atoms with Gasteiger partial charge in [-0.05, 0) is 31.5 Å². The molecule has 0 bridgehead atoms. The fourth-order valence-electron chi connectivity index (χ4n) is 1.40. The number of amides is 1. The molecular weight excluding hydrogens is 237 g/mol. The van der Waals surface area contributed by atoms with Gasteiger partial charge in [-0.2, -0.15) is 0 Å². The Morgan fingerprint density at radius 3 is 2.72 bits per heavy atom. The molecule has 0 atom stereocenters. The molecule has 0 aromatic heterocycles. The van der Waals surface area contributed by atoms with Crippen molar-refractivity contribution in [1.82, 2.24) is 0 Å². The molecule has 0 aliphatic carbocycles. The lowest BCUT2D eigenvalue weighted by atomic mass is 10.2. The number of nitrogens with one attached hydrogen (secondary N) is 1. The van der Waals surface area contributed by atoms with Gasteiger partial charge in [-0.25, -0.2) is 4.39 Å². The Hall–Kier alpha value is -1.91. The van der Waals surface area contributed by atoms with E-state index in [1.54, 1.807) is 19.9 Å². The van der Waals surface area contributed by atoms with Crippen molar-refractivity contribution in [3.05, 3.63) is 29.6 Å². The molecule has 1 rings (SSSR count). The first-order chi connectivity index (χ1) is 8.52. The van der Waals surface area contributed by atoms with E-state index in [2.05, 4.69) is 5.32 Å². The molecule has 98 valence electrons. The van der Waals surface area contributed by atoms with Gasteiger partial charge in [0.05, 0.1) is 18.7 Å². The maximum atomic E-state index is 13.3. The van der Waals surface area contributed by atoms with Crippen molar-refractivity contribution in [3.63, 3.8) is 0 Å². The smallest absolute Gasteiger partial charge is 0.306 e. The first kappa shape index (κ1) is 14.2. The second-order valence-corrected chi connectivity index (χ2v) is 3.84. The monoisotopic (exact) mass is 253 g/mol. The van der Waals surface area contributed by atoms with Gasteiger partial charge in [0.25, 0.3) is 0 Å². The van der Waals surface area contributed by atoms with Crippen LogP contribution >= 0.6 is 0 Å². The van der Waals surface area contributed by atoms with Gasteiger partial charge in [0.1, 0.15) is 5.82 Å². The molecule has 1 N–H and O–H groups in total. The lowest BCUT2D eigenvalue weighted by Gasteiger charge is -2.07. The van der Waals surface area contributed by atoms with Crippen LogP contribution in [0.1, 0.15) is 25.3 Å². The zero-order valence-corrected chi connectivity index (χ0v) is 10.5. The minimum atomic E-state index is -0.495. The Morgan fingerprint density at radius 1 is 1.33 bits per heavy atom. The van der Waals surface area contributed by atoms with E-state index in [0.717, 1.165) is 5.56 Å². The number of carbonyl (C=O) groups is 2. The Morgan fingerprint density at radius 2 is 2.06 bits per heavy atom. The fourth-order valence-corrected chi connectivity index (χ4v) is 1.40. The van der Waals surface area contributed by atoms with Crippen molar-refractivity contribution in [2.75, 3.05) is 11.9 Å². The van der Waals surface area contributed by atoms with Crippen LogP contribution in [0, 0.1) is 12.7 Å². The standard InChI is InChI=1S/C13H16FNO3/c1-3-18-13(17)7-6-12(16)15-11-8-9(2)4-5-10(11)14/h4-5,8H,3,6-7H2,1-2H3,(H,15,16). The summed E-state index contributed by atoms with van der Waals surface area (Å²) in [4.78, 5) is 22.5. The molecule has 0 fully saturated rings. The molecule has 0 radical (unpaired) electrons. The molecule has 0 saturated heterocycles. The molecule has 0 spiro atoms. The van der Waals surface area contributed by atoms with Gasteiger partial charge in [-0.3, -0.25) is 9.59 Å². The number of carbonyl (C=O) groups excluding carboxylic acids is 2. The van der Waals surface area contributed by atoms with Crippen molar-refractivity contribution < 1.29 is 18.7 Å². The summed E-state index contributed by atoms with van der Waals surface area (Å²) in [5, 5.41) is 2.43. The predicted molar refractivity (Wildman–Crippen MR) is 65.6 cm³/mol. The third-order valence-corrected chi connectivity index (χ3v) is 2.26. The molecule has 18 heavy (non-hydrogen) atoms. The van der Waals surface area contributed by atoms with Crippen LogP contribution in [0.15, 0.2) is 18.2 Å². The van der Waals surface area contributed by atoms with Crippen molar-refractivity contribution in [2.24, 2.45) is 0 Å². The van der Waals surface area contributed by atoms with E-state index in [1.807, 2.05) is 0 Å². The number of ether oxygens (including phenoxy) is 1. The molecule has 1 aromatic carbocycles. The number of rotatable bonds is 5. The van der Waals surface area contributed by atoms with Gasteiger partial charge in [-0.1, -0.05) is 6.07 Å². The van der Waals surface area contributed by atoms with Gasteiger partial charge < -0.3 is 10.1 Å². The highest BCUT2D eigenvalue weighted by molar-refractivity contribution is 5.92. The van der Waals surface area contributed by atoms with Crippen LogP contribution in [0.2, 0.25) is 0 Å². The number of halogens is 1. The maximum absolute atomic E-state index is 13.3. The number of anilines is 1. The quantitative estimate of drug-likeness (QED) is 0.820. The number of hydrogen-bond donors (Lipinski definition) is 1. The van der Waals surface area contributed by atoms with Crippen LogP contribution in [-0.4, -0.2) is 18.5 Å². The van der Waals surface area contributed by atoms with Crippen LogP contribution in [0.5, 0.6) is 0 Å². The van der Waals surface area contributed by atoms with Gasteiger partial charge in [0.2, 0.25) is 5.91 Å². The minimum absolute atomic E-state index is 0.00684. The lowest BCUT2D eigenvalue weighted by molar-refractivity contribution is -0.144. The van der Waals surface area contributed by atoms with E-state index in [9.17, 15) is 14.0 Å². The van der Waals surface area contributed by atoms with Gasteiger partial charge in [-0.15, -0.1) is 0 Å². The first-order valence-electron chi connectivity index (χ1n) is 5.74. The first-order valence-corrected chi connectivity index (χ1v) is 5.74. The Kier molecular flexibility index (Phi) is 5.30. The van der Waals surface area contributed by atoms with Gasteiger partial charge in [0.15, 0.2) is 0 Å². The van der Waals surface area contributed by atoms with E-state index < -0.39 is 17.7 Å². The molecule has 0 unspecified atom stereocenters. The predicted octanol–water partition coefficient (Wildman–Crippen LogP) is 2.42. The van der Waals surface area contributed by atoms with Gasteiger partial charge in [0, 0.05) is 6.42 Å². The topological polar surface area (TPSA) is 55.4 Å². The van der Waals surface area contributed by atoms with E-state index in [4.69, 9.17) is 4.74 Å². The molecule has 0 saturated carbocycles. The molecule has 0 heterocycles. The number of hydrogen-bond acceptors (Lipinski definition) is 3. The van der Waals surface area contributed by atoms with Crippen molar-refractivity contribution >= 4 is 17.6 Å². The van der Waals surface area contributed by atoms with E-state index in [1.165, 1.54) is 12.1 Å². The van der Waals surface area contributed by atoms with Crippen LogP contribution in [0.4, 0.5) is 10.1 Å². The molecule has 5 heteroatoms. The van der Waals surface area contributed by atoms with Crippen LogP contribution in [0.25, 0.3) is 0 Å². The average Bonchev–Trinajstić information content (AvgIpc) is 2.32. The molecular formula is C13H16FNO3.